The molecule has 0 spiro atoms. The zero-order chi connectivity index (χ0) is 23.7. The quantitative estimate of drug-likeness (QED) is 0.310. The molecular formula is C26H21N3O4S. The van der Waals surface area contributed by atoms with E-state index in [9.17, 15) is 9.90 Å². The van der Waals surface area contributed by atoms with Gasteiger partial charge in [0.25, 0.3) is 0 Å². The molecule has 0 amide bonds. The number of pyridine rings is 1. The minimum Gasteiger partial charge on any atom is -0.506 e. The van der Waals surface area contributed by atoms with E-state index < -0.39 is 12.0 Å². The molecule has 1 aliphatic heterocycles. The minimum atomic E-state index is -0.417. The van der Waals surface area contributed by atoms with Gasteiger partial charge in [-0.1, -0.05) is 30.3 Å². The van der Waals surface area contributed by atoms with Crippen molar-refractivity contribution in [2.45, 2.75) is 12.1 Å². The number of carbonyl (C=O) groups excluding carboxylic acids is 1. The number of methoxy groups -OCH3 is 1. The summed E-state index contributed by atoms with van der Waals surface area (Å²) in [6.45, 7) is 0. The summed E-state index contributed by atoms with van der Waals surface area (Å²) in [4.78, 5) is 18.3. The highest BCUT2D eigenvalue weighted by Crippen LogP contribution is 2.45. The lowest BCUT2D eigenvalue weighted by Crippen LogP contribution is -2.29. The van der Waals surface area contributed by atoms with Crippen LogP contribution >= 0.6 is 12.2 Å². The van der Waals surface area contributed by atoms with Crippen molar-refractivity contribution < 1.29 is 19.1 Å². The summed E-state index contributed by atoms with van der Waals surface area (Å²) in [5, 5.41) is 14.4. The van der Waals surface area contributed by atoms with Crippen molar-refractivity contribution in [1.82, 2.24) is 10.3 Å². The van der Waals surface area contributed by atoms with Gasteiger partial charge in [-0.25, -0.2) is 4.79 Å². The first kappa shape index (κ1) is 21.7. The third kappa shape index (κ3) is 3.88. The number of ether oxygens (including phenoxy) is 1. The molecule has 7 nitrogen and oxygen atoms in total. The summed E-state index contributed by atoms with van der Waals surface area (Å²) in [7, 11) is 1.35. The van der Waals surface area contributed by atoms with Gasteiger partial charge < -0.3 is 24.5 Å². The Bertz CT molecular complexity index is 1350. The molecule has 1 fully saturated rings. The molecule has 1 aliphatic rings. The van der Waals surface area contributed by atoms with Crippen LogP contribution in [0.3, 0.4) is 0 Å². The molecular weight excluding hydrogens is 450 g/mol. The number of hydrogen-bond donors (Lipinski definition) is 2. The van der Waals surface area contributed by atoms with Crippen LogP contribution in [0.25, 0.3) is 11.3 Å². The maximum atomic E-state index is 12.0. The number of thiocarbonyl (C=S) groups is 1. The van der Waals surface area contributed by atoms with E-state index in [0.717, 1.165) is 11.3 Å². The van der Waals surface area contributed by atoms with Crippen molar-refractivity contribution in [3.05, 3.63) is 102 Å². The molecule has 4 aromatic rings. The monoisotopic (exact) mass is 471 g/mol. The van der Waals surface area contributed by atoms with Crippen LogP contribution in [0.2, 0.25) is 0 Å². The Balaban J connectivity index is 1.59. The molecule has 2 atom stereocenters. The van der Waals surface area contributed by atoms with Gasteiger partial charge in [-0.05, 0) is 60.7 Å². The highest BCUT2D eigenvalue weighted by Gasteiger charge is 2.43. The van der Waals surface area contributed by atoms with Crippen LogP contribution in [0.15, 0.2) is 89.5 Å². The number of rotatable bonds is 5. The highest BCUT2D eigenvalue weighted by atomic mass is 32.1. The molecule has 1 saturated heterocycles. The predicted octanol–water partition coefficient (Wildman–Crippen LogP) is 5.01. The van der Waals surface area contributed by atoms with E-state index in [-0.39, 0.29) is 11.8 Å². The fraction of sp³-hybridized carbons (Fsp3) is 0.115. The lowest BCUT2D eigenvalue weighted by atomic mass is 10.0. The Morgan fingerprint density at radius 2 is 1.91 bits per heavy atom. The van der Waals surface area contributed by atoms with Gasteiger partial charge in [-0.3, -0.25) is 4.98 Å². The number of phenols is 1. The van der Waals surface area contributed by atoms with Crippen LogP contribution in [0.4, 0.5) is 5.69 Å². The summed E-state index contributed by atoms with van der Waals surface area (Å²) in [5.41, 5.74) is 2.53. The number of nitrogens with one attached hydrogen (secondary N) is 1. The zero-order valence-electron chi connectivity index (χ0n) is 18.2. The summed E-state index contributed by atoms with van der Waals surface area (Å²) in [6, 6.07) is 22.8. The van der Waals surface area contributed by atoms with E-state index in [1.54, 1.807) is 42.6 Å². The molecule has 0 saturated carbocycles. The molecule has 0 unspecified atom stereocenters. The molecule has 3 heterocycles. The molecule has 2 N–H and O–H groups in total. The minimum absolute atomic E-state index is 0.107. The van der Waals surface area contributed by atoms with Crippen molar-refractivity contribution in [3.63, 3.8) is 0 Å². The first-order valence-electron chi connectivity index (χ1n) is 10.6. The summed E-state index contributed by atoms with van der Waals surface area (Å²) in [6.07, 6.45) is 1.73. The van der Waals surface area contributed by atoms with Crippen molar-refractivity contribution >= 4 is 29.0 Å². The number of para-hydroxylation sites is 2. The van der Waals surface area contributed by atoms with Gasteiger partial charge in [0.1, 0.15) is 23.3 Å². The standard InChI is InChI=1S/C26H21N3O4S/c1-32-25(31)17-8-6-7-16(15-17)21-12-13-22(33-21)24-23(18-9-4-5-14-27-18)28-26(34)29(24)19-10-2-3-11-20(19)30/h2-15,23-24,30H,1H3,(H,28,34)/t23-,24+/m0/s1. The number of aromatic nitrogens is 1. The average molecular weight is 472 g/mol. The first-order valence-corrected chi connectivity index (χ1v) is 11.0. The van der Waals surface area contributed by atoms with Crippen LogP contribution in [0, 0.1) is 0 Å². The van der Waals surface area contributed by atoms with Gasteiger partial charge in [0.2, 0.25) is 0 Å². The second-order valence-electron chi connectivity index (χ2n) is 7.76. The normalized spacial score (nSPS) is 17.4. The molecule has 0 aliphatic carbocycles. The average Bonchev–Trinajstić information content (AvgIpc) is 3.49. The van der Waals surface area contributed by atoms with Gasteiger partial charge in [-0.15, -0.1) is 0 Å². The first-order chi connectivity index (χ1) is 16.6. The second-order valence-corrected chi connectivity index (χ2v) is 8.15. The second kappa shape index (κ2) is 8.99. The largest absolute Gasteiger partial charge is 0.506 e. The molecule has 0 radical (unpaired) electrons. The van der Waals surface area contributed by atoms with E-state index >= 15 is 0 Å². The summed E-state index contributed by atoms with van der Waals surface area (Å²) in [5.74, 6) is 0.913. The molecule has 5 rings (SSSR count). The van der Waals surface area contributed by atoms with E-state index in [1.165, 1.54) is 7.11 Å². The maximum Gasteiger partial charge on any atom is 0.337 e. The van der Waals surface area contributed by atoms with E-state index in [4.69, 9.17) is 21.4 Å². The van der Waals surface area contributed by atoms with Crippen molar-refractivity contribution in [3.8, 4) is 17.1 Å². The van der Waals surface area contributed by atoms with Gasteiger partial charge in [0.15, 0.2) is 5.11 Å². The van der Waals surface area contributed by atoms with Gasteiger partial charge in [0, 0.05) is 11.8 Å². The number of benzene rings is 2. The Hall–Kier alpha value is -4.17. The van der Waals surface area contributed by atoms with Crippen molar-refractivity contribution in [2.24, 2.45) is 0 Å². The van der Waals surface area contributed by atoms with Crippen molar-refractivity contribution in [2.75, 3.05) is 12.0 Å². The molecule has 8 heteroatoms. The number of furan rings is 1. The van der Waals surface area contributed by atoms with E-state index in [0.29, 0.717) is 27.9 Å². The third-order valence-electron chi connectivity index (χ3n) is 5.73. The SMILES string of the molecule is COC(=O)c1cccc(-c2ccc([C@@H]3[C@H](c4ccccn4)NC(=S)N3c3ccccc3O)o2)c1. The lowest BCUT2D eigenvalue weighted by Gasteiger charge is -2.26. The Morgan fingerprint density at radius 3 is 2.68 bits per heavy atom. The summed E-state index contributed by atoms with van der Waals surface area (Å²) >= 11 is 5.68. The van der Waals surface area contributed by atoms with Crippen LogP contribution in [0.5, 0.6) is 5.75 Å². The summed E-state index contributed by atoms with van der Waals surface area (Å²) < 4.78 is 11.1. The van der Waals surface area contributed by atoms with E-state index in [1.807, 2.05) is 47.4 Å². The molecule has 170 valence electrons. The van der Waals surface area contributed by atoms with Gasteiger partial charge in [0.05, 0.1) is 30.1 Å². The zero-order valence-corrected chi connectivity index (χ0v) is 19.0. The Morgan fingerprint density at radius 1 is 1.09 bits per heavy atom. The number of carbonyl (C=O) groups is 1. The number of hydrogen-bond acceptors (Lipinski definition) is 6. The topological polar surface area (TPSA) is 87.8 Å². The smallest absolute Gasteiger partial charge is 0.337 e. The number of nitrogens with zero attached hydrogens (tertiary/aromatic N) is 2. The lowest BCUT2D eigenvalue weighted by molar-refractivity contribution is 0.0601. The van der Waals surface area contributed by atoms with Crippen LogP contribution in [-0.2, 0) is 4.74 Å². The third-order valence-corrected chi connectivity index (χ3v) is 6.04. The van der Waals surface area contributed by atoms with Crippen LogP contribution in [-0.4, -0.2) is 28.3 Å². The molecule has 34 heavy (non-hydrogen) atoms. The Labute approximate surface area is 201 Å². The van der Waals surface area contributed by atoms with Gasteiger partial charge >= 0.3 is 5.97 Å². The fourth-order valence-corrected chi connectivity index (χ4v) is 4.49. The predicted molar refractivity (Wildman–Crippen MR) is 132 cm³/mol. The van der Waals surface area contributed by atoms with Crippen LogP contribution in [0.1, 0.15) is 33.9 Å². The fourth-order valence-electron chi connectivity index (χ4n) is 4.16. The van der Waals surface area contributed by atoms with E-state index in [2.05, 4.69) is 10.3 Å². The molecule has 0 bridgehead atoms. The number of aromatic hydroxyl groups is 1. The number of esters is 1. The number of phenolic OH excluding ortho intramolecular Hbond substituents is 1. The highest BCUT2D eigenvalue weighted by molar-refractivity contribution is 7.80. The van der Waals surface area contributed by atoms with Crippen LogP contribution < -0.4 is 10.2 Å². The Kier molecular flexibility index (Phi) is 5.73. The van der Waals surface area contributed by atoms with Crippen molar-refractivity contribution in [1.29, 1.82) is 0 Å². The maximum absolute atomic E-state index is 12.0. The number of anilines is 1. The molecule has 2 aromatic carbocycles. The van der Waals surface area contributed by atoms with Gasteiger partial charge in [-0.2, -0.15) is 0 Å². The molecule has 2 aromatic heterocycles.